The standard InChI is InChI=1S/C12H20N2O/c1-9(2)13-7-3-4-12-14-8-11(15-12)10-5-6-10/h8-10,13H,3-7H2,1-2H3. The van der Waals surface area contributed by atoms with Gasteiger partial charge in [0.15, 0.2) is 5.89 Å². The van der Waals surface area contributed by atoms with Crippen LogP contribution in [0.2, 0.25) is 0 Å². The van der Waals surface area contributed by atoms with Crippen molar-refractivity contribution in [3.8, 4) is 0 Å². The molecule has 1 aromatic rings. The summed E-state index contributed by atoms with van der Waals surface area (Å²) >= 11 is 0. The Hall–Kier alpha value is -0.830. The molecule has 0 unspecified atom stereocenters. The first kappa shape index (κ1) is 10.7. The number of hydrogen-bond donors (Lipinski definition) is 1. The van der Waals surface area contributed by atoms with Crippen molar-refractivity contribution in [3.05, 3.63) is 17.8 Å². The van der Waals surface area contributed by atoms with Crippen LogP contribution in [0, 0.1) is 0 Å². The van der Waals surface area contributed by atoms with Gasteiger partial charge in [0.05, 0.1) is 6.20 Å². The van der Waals surface area contributed by atoms with Crippen LogP contribution in [0.4, 0.5) is 0 Å². The third-order valence-electron chi connectivity index (χ3n) is 2.67. The van der Waals surface area contributed by atoms with Crippen LogP contribution in [0.25, 0.3) is 0 Å². The molecule has 1 saturated carbocycles. The molecule has 0 spiro atoms. The molecule has 1 fully saturated rings. The maximum atomic E-state index is 5.68. The van der Waals surface area contributed by atoms with Gasteiger partial charge in [-0.05, 0) is 25.8 Å². The first-order chi connectivity index (χ1) is 7.25. The van der Waals surface area contributed by atoms with Gasteiger partial charge in [-0.25, -0.2) is 4.98 Å². The third-order valence-corrected chi connectivity index (χ3v) is 2.67. The summed E-state index contributed by atoms with van der Waals surface area (Å²) in [6, 6.07) is 0.566. The fourth-order valence-electron chi connectivity index (χ4n) is 1.63. The van der Waals surface area contributed by atoms with Crippen molar-refractivity contribution in [2.75, 3.05) is 6.54 Å². The highest BCUT2D eigenvalue weighted by Gasteiger charge is 2.27. The molecule has 3 nitrogen and oxygen atoms in total. The molecule has 0 radical (unpaired) electrons. The van der Waals surface area contributed by atoms with Crippen LogP contribution in [0.3, 0.4) is 0 Å². The summed E-state index contributed by atoms with van der Waals surface area (Å²) in [4.78, 5) is 4.30. The molecule has 1 aliphatic carbocycles. The molecule has 2 rings (SSSR count). The van der Waals surface area contributed by atoms with Gasteiger partial charge < -0.3 is 9.73 Å². The van der Waals surface area contributed by atoms with E-state index in [0.29, 0.717) is 12.0 Å². The quantitative estimate of drug-likeness (QED) is 0.730. The number of rotatable bonds is 6. The lowest BCUT2D eigenvalue weighted by molar-refractivity contribution is 0.444. The molecule has 0 amide bonds. The van der Waals surface area contributed by atoms with E-state index in [4.69, 9.17) is 4.42 Å². The summed E-state index contributed by atoms with van der Waals surface area (Å²) < 4.78 is 5.68. The number of hydrogen-bond acceptors (Lipinski definition) is 3. The number of oxazole rings is 1. The summed E-state index contributed by atoms with van der Waals surface area (Å²) in [5.74, 6) is 2.68. The van der Waals surface area contributed by atoms with Crippen LogP contribution in [0.1, 0.15) is 50.7 Å². The second kappa shape index (κ2) is 4.79. The third kappa shape index (κ3) is 3.34. The maximum Gasteiger partial charge on any atom is 0.194 e. The molecule has 15 heavy (non-hydrogen) atoms. The molecule has 0 aromatic carbocycles. The Bertz CT molecular complexity index is 302. The highest BCUT2D eigenvalue weighted by atomic mass is 16.4. The average Bonchev–Trinajstić information content (AvgIpc) is 2.94. The van der Waals surface area contributed by atoms with Crippen molar-refractivity contribution < 1.29 is 4.42 Å². The van der Waals surface area contributed by atoms with E-state index in [0.717, 1.165) is 31.0 Å². The Labute approximate surface area is 91.3 Å². The van der Waals surface area contributed by atoms with Crippen molar-refractivity contribution in [1.29, 1.82) is 0 Å². The molecule has 84 valence electrons. The molecule has 1 aromatic heterocycles. The number of aromatic nitrogens is 1. The van der Waals surface area contributed by atoms with Gasteiger partial charge in [0.25, 0.3) is 0 Å². The van der Waals surface area contributed by atoms with Crippen molar-refractivity contribution >= 4 is 0 Å². The molecule has 0 aliphatic heterocycles. The van der Waals surface area contributed by atoms with Gasteiger partial charge in [0.2, 0.25) is 0 Å². The summed E-state index contributed by atoms with van der Waals surface area (Å²) in [6.07, 6.45) is 6.52. The lowest BCUT2D eigenvalue weighted by Crippen LogP contribution is -2.23. The molecule has 0 atom stereocenters. The zero-order chi connectivity index (χ0) is 10.7. The number of nitrogens with one attached hydrogen (secondary N) is 1. The Morgan fingerprint density at radius 1 is 1.53 bits per heavy atom. The number of nitrogens with zero attached hydrogens (tertiary/aromatic N) is 1. The SMILES string of the molecule is CC(C)NCCCc1ncc(C2CC2)o1. The van der Waals surface area contributed by atoms with Crippen LogP contribution >= 0.6 is 0 Å². The highest BCUT2D eigenvalue weighted by molar-refractivity contribution is 5.08. The van der Waals surface area contributed by atoms with E-state index >= 15 is 0 Å². The van der Waals surface area contributed by atoms with Gasteiger partial charge >= 0.3 is 0 Å². The van der Waals surface area contributed by atoms with Crippen LogP contribution in [0.15, 0.2) is 10.6 Å². The largest absolute Gasteiger partial charge is 0.445 e. The molecule has 1 N–H and O–H groups in total. The van der Waals surface area contributed by atoms with Gasteiger partial charge in [0.1, 0.15) is 5.76 Å². The van der Waals surface area contributed by atoms with Crippen LogP contribution in [-0.2, 0) is 6.42 Å². The number of aryl methyl sites for hydroxylation is 1. The predicted molar refractivity (Wildman–Crippen MR) is 59.9 cm³/mol. The lowest BCUT2D eigenvalue weighted by atomic mass is 10.3. The molecular weight excluding hydrogens is 188 g/mol. The lowest BCUT2D eigenvalue weighted by Gasteiger charge is -2.05. The minimum atomic E-state index is 0.566. The van der Waals surface area contributed by atoms with E-state index in [2.05, 4.69) is 24.1 Å². The van der Waals surface area contributed by atoms with Crippen LogP contribution < -0.4 is 5.32 Å². The van der Waals surface area contributed by atoms with E-state index < -0.39 is 0 Å². The topological polar surface area (TPSA) is 38.1 Å². The molecular formula is C12H20N2O. The summed E-state index contributed by atoms with van der Waals surface area (Å²) in [5, 5.41) is 3.39. The molecule has 0 bridgehead atoms. The zero-order valence-corrected chi connectivity index (χ0v) is 9.62. The van der Waals surface area contributed by atoms with Gasteiger partial charge in [0, 0.05) is 18.4 Å². The monoisotopic (exact) mass is 208 g/mol. The fraction of sp³-hybridized carbons (Fsp3) is 0.750. The predicted octanol–water partition coefficient (Wildman–Crippen LogP) is 2.48. The molecule has 1 heterocycles. The Morgan fingerprint density at radius 3 is 3.00 bits per heavy atom. The first-order valence-electron chi connectivity index (χ1n) is 5.93. The van der Waals surface area contributed by atoms with Crippen molar-refractivity contribution in [2.45, 2.75) is 51.5 Å². The smallest absolute Gasteiger partial charge is 0.194 e. The van der Waals surface area contributed by atoms with Crippen LogP contribution in [0.5, 0.6) is 0 Å². The minimum Gasteiger partial charge on any atom is -0.445 e. The zero-order valence-electron chi connectivity index (χ0n) is 9.62. The summed E-state index contributed by atoms with van der Waals surface area (Å²) in [6.45, 7) is 5.37. The van der Waals surface area contributed by atoms with Gasteiger partial charge in [-0.3, -0.25) is 0 Å². The van der Waals surface area contributed by atoms with Crippen molar-refractivity contribution in [3.63, 3.8) is 0 Å². The first-order valence-corrected chi connectivity index (χ1v) is 5.93. The van der Waals surface area contributed by atoms with E-state index in [1.165, 1.54) is 12.8 Å². The van der Waals surface area contributed by atoms with Gasteiger partial charge in [-0.1, -0.05) is 13.8 Å². The Morgan fingerprint density at radius 2 is 2.33 bits per heavy atom. The average molecular weight is 208 g/mol. The minimum absolute atomic E-state index is 0.566. The van der Waals surface area contributed by atoms with E-state index in [1.54, 1.807) is 0 Å². The van der Waals surface area contributed by atoms with Gasteiger partial charge in [-0.15, -0.1) is 0 Å². The maximum absolute atomic E-state index is 5.68. The highest BCUT2D eigenvalue weighted by Crippen LogP contribution is 2.40. The summed E-state index contributed by atoms with van der Waals surface area (Å²) in [5.41, 5.74) is 0. The normalized spacial score (nSPS) is 16.2. The van der Waals surface area contributed by atoms with E-state index in [9.17, 15) is 0 Å². The molecule has 1 aliphatic rings. The van der Waals surface area contributed by atoms with E-state index in [1.807, 2.05) is 6.20 Å². The summed E-state index contributed by atoms with van der Waals surface area (Å²) in [7, 11) is 0. The molecule has 0 saturated heterocycles. The van der Waals surface area contributed by atoms with Crippen molar-refractivity contribution in [2.24, 2.45) is 0 Å². The molecule has 3 heteroatoms. The Kier molecular flexibility index (Phi) is 3.41. The Balaban J connectivity index is 1.69. The second-order valence-corrected chi connectivity index (χ2v) is 4.64. The fourth-order valence-corrected chi connectivity index (χ4v) is 1.63. The van der Waals surface area contributed by atoms with E-state index in [-0.39, 0.29) is 0 Å². The van der Waals surface area contributed by atoms with Crippen LogP contribution in [-0.4, -0.2) is 17.6 Å². The second-order valence-electron chi connectivity index (χ2n) is 4.64. The van der Waals surface area contributed by atoms with Crippen molar-refractivity contribution in [1.82, 2.24) is 10.3 Å². The van der Waals surface area contributed by atoms with Gasteiger partial charge in [-0.2, -0.15) is 0 Å².